The minimum Gasteiger partial charge on any atom is -0.468 e. The summed E-state index contributed by atoms with van der Waals surface area (Å²) >= 11 is 0. The Morgan fingerprint density at radius 3 is 2.64 bits per heavy atom. The van der Waals surface area contributed by atoms with Crippen LogP contribution >= 0.6 is 0 Å². The van der Waals surface area contributed by atoms with E-state index in [9.17, 15) is 4.79 Å². The van der Waals surface area contributed by atoms with Crippen molar-refractivity contribution in [2.45, 2.75) is 32.2 Å². The van der Waals surface area contributed by atoms with Gasteiger partial charge in [-0.2, -0.15) is 0 Å². The molecule has 0 radical (unpaired) electrons. The normalized spacial score (nSPS) is 22.2. The molecule has 0 aromatic heterocycles. The maximum Gasteiger partial charge on any atom is 0.326 e. The van der Waals surface area contributed by atoms with Crippen LogP contribution in [0.15, 0.2) is 12.7 Å². The third-order valence-corrected chi connectivity index (χ3v) is 3.40. The van der Waals surface area contributed by atoms with Crippen LogP contribution < -0.4 is 5.32 Å². The topological polar surface area (TPSA) is 38.3 Å². The fourth-order valence-corrected chi connectivity index (χ4v) is 1.70. The van der Waals surface area contributed by atoms with Gasteiger partial charge >= 0.3 is 5.97 Å². The van der Waals surface area contributed by atoms with Gasteiger partial charge in [-0.3, -0.25) is 10.1 Å². The number of hydrogen-bond acceptors (Lipinski definition) is 3. The Morgan fingerprint density at radius 1 is 1.71 bits per heavy atom. The molecule has 0 aliphatic heterocycles. The van der Waals surface area contributed by atoms with Crippen molar-refractivity contribution in [3.8, 4) is 0 Å². The van der Waals surface area contributed by atoms with Crippen molar-refractivity contribution >= 4 is 5.97 Å². The molecule has 0 bridgehead atoms. The third kappa shape index (κ3) is 1.69. The van der Waals surface area contributed by atoms with E-state index in [2.05, 4.69) is 18.8 Å². The van der Waals surface area contributed by atoms with Gasteiger partial charge in [0, 0.05) is 6.54 Å². The van der Waals surface area contributed by atoms with Crippen LogP contribution in [0.25, 0.3) is 0 Å². The molecule has 1 aliphatic rings. The van der Waals surface area contributed by atoms with E-state index in [1.54, 1.807) is 6.08 Å². The molecule has 0 amide bonds. The summed E-state index contributed by atoms with van der Waals surface area (Å²) in [5.74, 6) is -0.181. The molecule has 1 saturated carbocycles. The summed E-state index contributed by atoms with van der Waals surface area (Å²) in [6, 6.07) is 0. The van der Waals surface area contributed by atoms with E-state index in [4.69, 9.17) is 4.74 Å². The summed E-state index contributed by atoms with van der Waals surface area (Å²) < 4.78 is 4.84. The van der Waals surface area contributed by atoms with Crippen LogP contribution in [0.5, 0.6) is 0 Å². The number of ether oxygens (including phenoxy) is 1. The van der Waals surface area contributed by atoms with Crippen LogP contribution in [0.2, 0.25) is 0 Å². The number of rotatable bonds is 5. The molecule has 1 aliphatic carbocycles. The minimum atomic E-state index is -0.573. The SMILES string of the molecule is C=CCNC(C)(C(=O)OC)C1(C)CC1. The average Bonchev–Trinajstić information content (AvgIpc) is 2.93. The molecule has 0 heterocycles. The predicted molar refractivity (Wildman–Crippen MR) is 56.0 cm³/mol. The molecular weight excluding hydrogens is 178 g/mol. The average molecular weight is 197 g/mol. The van der Waals surface area contributed by atoms with E-state index in [1.165, 1.54) is 7.11 Å². The number of methoxy groups -OCH3 is 1. The number of esters is 1. The van der Waals surface area contributed by atoms with Crippen molar-refractivity contribution in [2.75, 3.05) is 13.7 Å². The van der Waals surface area contributed by atoms with Gasteiger partial charge in [-0.05, 0) is 25.2 Å². The van der Waals surface area contributed by atoms with Crippen LogP contribution in [0.3, 0.4) is 0 Å². The molecular formula is C11H19NO2. The smallest absolute Gasteiger partial charge is 0.326 e. The monoisotopic (exact) mass is 197 g/mol. The Morgan fingerprint density at radius 2 is 2.29 bits per heavy atom. The zero-order chi connectivity index (χ0) is 10.8. The highest BCUT2D eigenvalue weighted by molar-refractivity contribution is 5.82. The Balaban J connectivity index is 2.78. The molecule has 0 saturated heterocycles. The summed E-state index contributed by atoms with van der Waals surface area (Å²) in [6.45, 7) is 8.29. The molecule has 3 nitrogen and oxygen atoms in total. The van der Waals surface area contributed by atoms with Crippen LogP contribution in [0, 0.1) is 5.41 Å². The maximum absolute atomic E-state index is 11.7. The van der Waals surface area contributed by atoms with Crippen molar-refractivity contribution in [3.05, 3.63) is 12.7 Å². The van der Waals surface area contributed by atoms with Crippen LogP contribution in [0.4, 0.5) is 0 Å². The summed E-state index contributed by atoms with van der Waals surface area (Å²) in [6.07, 6.45) is 3.90. The highest BCUT2D eigenvalue weighted by Gasteiger charge is 2.57. The Kier molecular flexibility index (Phi) is 3.00. The molecule has 80 valence electrons. The molecule has 1 unspecified atom stereocenters. The van der Waals surface area contributed by atoms with Gasteiger partial charge in [-0.1, -0.05) is 13.0 Å². The lowest BCUT2D eigenvalue weighted by Crippen LogP contribution is -2.56. The molecule has 1 atom stereocenters. The summed E-state index contributed by atoms with van der Waals surface area (Å²) in [7, 11) is 1.43. The van der Waals surface area contributed by atoms with Gasteiger partial charge in [0.2, 0.25) is 0 Å². The number of nitrogens with one attached hydrogen (secondary N) is 1. The largest absolute Gasteiger partial charge is 0.468 e. The molecule has 1 N–H and O–H groups in total. The van der Waals surface area contributed by atoms with Crippen LogP contribution in [0.1, 0.15) is 26.7 Å². The molecule has 1 fully saturated rings. The molecule has 0 aromatic rings. The summed E-state index contributed by atoms with van der Waals surface area (Å²) in [4.78, 5) is 11.7. The van der Waals surface area contributed by atoms with Crippen molar-refractivity contribution in [1.82, 2.24) is 5.32 Å². The Labute approximate surface area is 85.5 Å². The highest BCUT2D eigenvalue weighted by Crippen LogP contribution is 2.53. The Hall–Kier alpha value is -0.830. The predicted octanol–water partition coefficient (Wildman–Crippen LogP) is 1.49. The van der Waals surface area contributed by atoms with E-state index in [1.807, 2.05) is 6.92 Å². The first-order valence-electron chi connectivity index (χ1n) is 4.94. The summed E-state index contributed by atoms with van der Waals surface area (Å²) in [5.41, 5.74) is -0.529. The summed E-state index contributed by atoms with van der Waals surface area (Å²) in [5, 5.41) is 3.21. The lowest BCUT2D eigenvalue weighted by molar-refractivity contribution is -0.150. The van der Waals surface area contributed by atoms with Crippen molar-refractivity contribution < 1.29 is 9.53 Å². The highest BCUT2D eigenvalue weighted by atomic mass is 16.5. The van der Waals surface area contributed by atoms with Gasteiger partial charge in [0.25, 0.3) is 0 Å². The van der Waals surface area contributed by atoms with Gasteiger partial charge in [0.15, 0.2) is 0 Å². The standard InChI is InChI=1S/C11H19NO2/c1-5-8-12-11(3,9(13)14-4)10(2)6-7-10/h5,12H,1,6-8H2,2-4H3. The first-order chi connectivity index (χ1) is 6.50. The van der Waals surface area contributed by atoms with Crippen LogP contribution in [-0.2, 0) is 9.53 Å². The lowest BCUT2D eigenvalue weighted by Gasteiger charge is -2.33. The van der Waals surface area contributed by atoms with Gasteiger partial charge in [0.1, 0.15) is 5.54 Å². The van der Waals surface area contributed by atoms with E-state index < -0.39 is 5.54 Å². The maximum atomic E-state index is 11.7. The van der Waals surface area contributed by atoms with Crippen molar-refractivity contribution in [3.63, 3.8) is 0 Å². The van der Waals surface area contributed by atoms with E-state index in [0.29, 0.717) is 6.54 Å². The zero-order valence-electron chi connectivity index (χ0n) is 9.22. The molecule has 1 rings (SSSR count). The quantitative estimate of drug-likeness (QED) is 0.536. The van der Waals surface area contributed by atoms with Gasteiger partial charge < -0.3 is 4.74 Å². The number of carbonyl (C=O) groups excluding carboxylic acids is 1. The van der Waals surface area contributed by atoms with Gasteiger partial charge in [-0.15, -0.1) is 6.58 Å². The molecule has 14 heavy (non-hydrogen) atoms. The number of carbonyl (C=O) groups is 1. The second kappa shape index (κ2) is 3.73. The molecule has 3 heteroatoms. The van der Waals surface area contributed by atoms with E-state index in [-0.39, 0.29) is 11.4 Å². The fraction of sp³-hybridized carbons (Fsp3) is 0.727. The van der Waals surface area contributed by atoms with Crippen LogP contribution in [-0.4, -0.2) is 25.2 Å². The van der Waals surface area contributed by atoms with Crippen molar-refractivity contribution in [1.29, 1.82) is 0 Å². The number of hydrogen-bond donors (Lipinski definition) is 1. The Bertz CT molecular complexity index is 246. The first kappa shape index (κ1) is 11.2. The third-order valence-electron chi connectivity index (χ3n) is 3.40. The minimum absolute atomic E-state index is 0.0447. The van der Waals surface area contributed by atoms with E-state index >= 15 is 0 Å². The van der Waals surface area contributed by atoms with Gasteiger partial charge in [-0.25, -0.2) is 0 Å². The lowest BCUT2D eigenvalue weighted by atomic mass is 9.83. The molecule has 0 aromatic carbocycles. The zero-order valence-corrected chi connectivity index (χ0v) is 9.22. The second-order valence-electron chi connectivity index (χ2n) is 4.35. The first-order valence-corrected chi connectivity index (χ1v) is 4.94. The molecule has 0 spiro atoms. The van der Waals surface area contributed by atoms with Gasteiger partial charge in [0.05, 0.1) is 7.11 Å². The second-order valence-corrected chi connectivity index (χ2v) is 4.35. The fourth-order valence-electron chi connectivity index (χ4n) is 1.70. The van der Waals surface area contributed by atoms with E-state index in [0.717, 1.165) is 12.8 Å². The van der Waals surface area contributed by atoms with Crippen molar-refractivity contribution in [2.24, 2.45) is 5.41 Å².